The summed E-state index contributed by atoms with van der Waals surface area (Å²) in [5.41, 5.74) is 3.07. The Balaban J connectivity index is 1.19. The molecule has 0 bridgehead atoms. The summed E-state index contributed by atoms with van der Waals surface area (Å²) < 4.78 is 5.41. The Morgan fingerprint density at radius 2 is 2.09 bits per heavy atom. The van der Waals surface area contributed by atoms with Gasteiger partial charge in [0.2, 0.25) is 0 Å². The number of hydroxylamine groups is 1. The molecule has 2 unspecified atom stereocenters. The lowest BCUT2D eigenvalue weighted by atomic mass is 9.74. The summed E-state index contributed by atoms with van der Waals surface area (Å²) >= 11 is 0. The fourth-order valence-corrected chi connectivity index (χ4v) is 5.07. The van der Waals surface area contributed by atoms with Gasteiger partial charge in [-0.3, -0.25) is 9.78 Å². The number of carbonyl (C=O) groups excluding carboxylic acids is 1. The van der Waals surface area contributed by atoms with E-state index in [1.54, 1.807) is 18.5 Å². The van der Waals surface area contributed by atoms with Crippen LogP contribution in [0.4, 0.5) is 5.82 Å². The molecule has 1 saturated carbocycles. The van der Waals surface area contributed by atoms with Gasteiger partial charge in [-0.25, -0.2) is 15.3 Å². The van der Waals surface area contributed by atoms with E-state index >= 15 is 0 Å². The first-order valence-corrected chi connectivity index (χ1v) is 12.3. The van der Waals surface area contributed by atoms with Crippen molar-refractivity contribution in [3.63, 3.8) is 0 Å². The fourth-order valence-electron chi connectivity index (χ4n) is 5.07. The van der Waals surface area contributed by atoms with Crippen molar-refractivity contribution in [2.24, 2.45) is 5.41 Å². The number of rotatable bonds is 9. The van der Waals surface area contributed by atoms with E-state index in [9.17, 15) is 9.90 Å². The largest absolute Gasteiger partial charge is 0.396 e. The minimum atomic E-state index is -0.371. The van der Waals surface area contributed by atoms with Crippen LogP contribution in [-0.2, 0) is 14.4 Å². The van der Waals surface area contributed by atoms with Crippen molar-refractivity contribution < 1.29 is 19.5 Å². The van der Waals surface area contributed by atoms with Gasteiger partial charge in [-0.05, 0) is 38.2 Å². The zero-order valence-corrected chi connectivity index (χ0v) is 19.4. The van der Waals surface area contributed by atoms with E-state index < -0.39 is 0 Å². The van der Waals surface area contributed by atoms with Crippen molar-refractivity contribution in [1.29, 1.82) is 0 Å². The Bertz CT molecular complexity index is 776. The molecule has 0 spiro atoms. The lowest BCUT2D eigenvalue weighted by molar-refractivity contribution is -0.198. The second-order valence-corrected chi connectivity index (χ2v) is 9.62. The number of nitrogens with zero attached hydrogens (tertiary/aromatic N) is 3. The Morgan fingerprint density at radius 3 is 2.82 bits per heavy atom. The SMILES string of the molecule is O=C(/C=C/c1cnc(NC2CCN(CC3(CO)CCCCC3)C2)cn1)NOC1CCCCO1. The molecular formula is C24H37N5O4. The molecule has 3 fully saturated rings. The first kappa shape index (κ1) is 24.1. The number of hydrogen-bond acceptors (Lipinski definition) is 8. The summed E-state index contributed by atoms with van der Waals surface area (Å²) in [6.07, 6.45) is 15.9. The summed E-state index contributed by atoms with van der Waals surface area (Å²) in [5, 5.41) is 13.5. The zero-order chi connectivity index (χ0) is 22.9. The van der Waals surface area contributed by atoms with E-state index in [1.165, 1.54) is 25.3 Å². The number of hydrogen-bond donors (Lipinski definition) is 3. The molecule has 9 heteroatoms. The van der Waals surface area contributed by atoms with Crippen molar-refractivity contribution in [2.75, 3.05) is 38.2 Å². The normalized spacial score (nSPS) is 25.8. The van der Waals surface area contributed by atoms with Gasteiger partial charge in [0.05, 0.1) is 18.1 Å². The average Bonchev–Trinajstić information content (AvgIpc) is 3.29. The number of amides is 1. The summed E-state index contributed by atoms with van der Waals surface area (Å²) in [7, 11) is 0. The number of nitrogens with one attached hydrogen (secondary N) is 2. The smallest absolute Gasteiger partial charge is 0.267 e. The van der Waals surface area contributed by atoms with Gasteiger partial charge in [0, 0.05) is 56.8 Å². The third-order valence-corrected chi connectivity index (χ3v) is 6.94. The molecular weight excluding hydrogens is 422 g/mol. The van der Waals surface area contributed by atoms with Gasteiger partial charge < -0.3 is 20.1 Å². The monoisotopic (exact) mass is 459 g/mol. The molecule has 9 nitrogen and oxygen atoms in total. The molecule has 1 aromatic heterocycles. The molecule has 3 N–H and O–H groups in total. The molecule has 1 aliphatic carbocycles. The van der Waals surface area contributed by atoms with E-state index in [1.807, 2.05) is 0 Å². The van der Waals surface area contributed by atoms with Crippen LogP contribution in [0, 0.1) is 5.41 Å². The van der Waals surface area contributed by atoms with Gasteiger partial charge in [-0.2, -0.15) is 0 Å². The standard InChI is InChI=1S/C24H37N5O4/c30-18-24(10-3-1-4-11-24)17-29-12-9-20(16-29)27-21-15-25-19(14-26-21)7-8-22(31)28-33-23-6-2-5-13-32-23/h7-8,14-15,20,23,30H,1-6,9-13,16-18H2,(H,26,27)(H,28,31)/b8-7+. The first-order chi connectivity index (χ1) is 16.1. The number of likely N-dealkylation sites (tertiary alicyclic amines) is 1. The highest BCUT2D eigenvalue weighted by Gasteiger charge is 2.35. The van der Waals surface area contributed by atoms with Gasteiger partial charge in [0.1, 0.15) is 5.82 Å². The average molecular weight is 460 g/mol. The van der Waals surface area contributed by atoms with Crippen LogP contribution in [0.25, 0.3) is 6.08 Å². The number of aromatic nitrogens is 2. The predicted octanol–water partition coefficient (Wildman–Crippen LogP) is 2.49. The molecule has 2 atom stereocenters. The van der Waals surface area contributed by atoms with Crippen LogP contribution in [-0.4, -0.2) is 71.1 Å². The van der Waals surface area contributed by atoms with Crippen LogP contribution >= 0.6 is 0 Å². The highest BCUT2D eigenvalue weighted by molar-refractivity contribution is 5.90. The van der Waals surface area contributed by atoms with Crippen LogP contribution in [0.15, 0.2) is 18.5 Å². The molecule has 3 heterocycles. The Kier molecular flexibility index (Phi) is 8.66. The maximum absolute atomic E-state index is 11.9. The van der Waals surface area contributed by atoms with Gasteiger partial charge in [-0.15, -0.1) is 0 Å². The van der Waals surface area contributed by atoms with Crippen LogP contribution in [0.3, 0.4) is 0 Å². The van der Waals surface area contributed by atoms with Crippen LogP contribution < -0.4 is 10.8 Å². The van der Waals surface area contributed by atoms with Gasteiger partial charge >= 0.3 is 0 Å². The number of aliphatic hydroxyl groups excluding tert-OH is 1. The van der Waals surface area contributed by atoms with Crippen molar-refractivity contribution in [1.82, 2.24) is 20.3 Å². The second-order valence-electron chi connectivity index (χ2n) is 9.62. The summed E-state index contributed by atoms with van der Waals surface area (Å²) in [5.74, 6) is 0.369. The Morgan fingerprint density at radius 1 is 1.21 bits per heavy atom. The van der Waals surface area contributed by atoms with Crippen molar-refractivity contribution in [3.05, 3.63) is 24.2 Å². The van der Waals surface area contributed by atoms with Crippen molar-refractivity contribution in [2.45, 2.75) is 70.1 Å². The topological polar surface area (TPSA) is 109 Å². The quantitative estimate of drug-likeness (QED) is 0.382. The lowest BCUT2D eigenvalue weighted by Gasteiger charge is -2.38. The van der Waals surface area contributed by atoms with E-state index in [0.29, 0.717) is 24.9 Å². The molecule has 4 rings (SSSR count). The van der Waals surface area contributed by atoms with Gasteiger partial charge in [-0.1, -0.05) is 19.3 Å². The maximum Gasteiger partial charge on any atom is 0.267 e. The van der Waals surface area contributed by atoms with E-state index in [0.717, 1.165) is 64.0 Å². The summed E-state index contributed by atoms with van der Waals surface area (Å²) in [6.45, 7) is 3.93. The molecule has 1 aromatic rings. The highest BCUT2D eigenvalue weighted by Crippen LogP contribution is 2.37. The lowest BCUT2D eigenvalue weighted by Crippen LogP contribution is -2.41. The third kappa shape index (κ3) is 7.20. The minimum Gasteiger partial charge on any atom is -0.396 e. The molecule has 2 aliphatic heterocycles. The van der Waals surface area contributed by atoms with E-state index in [-0.39, 0.29) is 17.6 Å². The molecule has 2 saturated heterocycles. The van der Waals surface area contributed by atoms with Crippen LogP contribution in [0.2, 0.25) is 0 Å². The van der Waals surface area contributed by atoms with Gasteiger partial charge in [0.15, 0.2) is 6.29 Å². The van der Waals surface area contributed by atoms with Crippen molar-refractivity contribution in [3.8, 4) is 0 Å². The Hall–Kier alpha value is -2.07. The van der Waals surface area contributed by atoms with Crippen LogP contribution in [0.5, 0.6) is 0 Å². The molecule has 0 radical (unpaired) electrons. The van der Waals surface area contributed by atoms with Gasteiger partial charge in [0.25, 0.3) is 5.91 Å². The van der Waals surface area contributed by atoms with E-state index in [4.69, 9.17) is 9.57 Å². The zero-order valence-electron chi connectivity index (χ0n) is 19.4. The third-order valence-electron chi connectivity index (χ3n) is 6.94. The van der Waals surface area contributed by atoms with Crippen LogP contribution in [0.1, 0.15) is 63.5 Å². The minimum absolute atomic E-state index is 0.0850. The maximum atomic E-state index is 11.9. The number of aliphatic hydroxyl groups is 1. The second kappa shape index (κ2) is 11.9. The molecule has 0 aromatic carbocycles. The summed E-state index contributed by atoms with van der Waals surface area (Å²) in [4.78, 5) is 28.5. The highest BCUT2D eigenvalue weighted by atomic mass is 16.8. The summed E-state index contributed by atoms with van der Waals surface area (Å²) in [6, 6.07) is 0.324. The molecule has 3 aliphatic rings. The molecule has 182 valence electrons. The predicted molar refractivity (Wildman–Crippen MR) is 125 cm³/mol. The Labute approximate surface area is 195 Å². The number of carbonyl (C=O) groups is 1. The number of ether oxygens (including phenoxy) is 1. The fraction of sp³-hybridized carbons (Fsp3) is 0.708. The number of anilines is 1. The van der Waals surface area contributed by atoms with Crippen molar-refractivity contribution >= 4 is 17.8 Å². The molecule has 33 heavy (non-hydrogen) atoms. The first-order valence-electron chi connectivity index (χ1n) is 12.3. The molecule has 1 amide bonds. The van der Waals surface area contributed by atoms with E-state index in [2.05, 4.69) is 25.7 Å².